The molecule has 0 amide bonds. The van der Waals surface area contributed by atoms with Gasteiger partial charge in [-0.1, -0.05) is 19.1 Å². The fraction of sp³-hybridized carbons (Fsp3) is 0.333. The molecule has 0 saturated carbocycles. The van der Waals surface area contributed by atoms with Gasteiger partial charge in [0.25, 0.3) is 0 Å². The maximum Gasteiger partial charge on any atom is 0.150 e. The summed E-state index contributed by atoms with van der Waals surface area (Å²) in [6, 6.07) is 7.78. The first-order valence-corrected chi connectivity index (χ1v) is 5.00. The van der Waals surface area contributed by atoms with Crippen LogP contribution in [0.2, 0.25) is 0 Å². The lowest BCUT2D eigenvalue weighted by molar-refractivity contribution is 0.183. The summed E-state index contributed by atoms with van der Waals surface area (Å²) in [6.07, 6.45) is 2.94. The molecule has 1 aromatic rings. The van der Waals surface area contributed by atoms with Crippen molar-refractivity contribution in [1.29, 1.82) is 0 Å². The van der Waals surface area contributed by atoms with Gasteiger partial charge in [0.2, 0.25) is 0 Å². The van der Waals surface area contributed by atoms with Crippen LogP contribution >= 0.6 is 0 Å². The smallest absolute Gasteiger partial charge is 0.150 e. The molecule has 0 aliphatic rings. The molecule has 1 rings (SSSR count). The summed E-state index contributed by atoms with van der Waals surface area (Å²) in [5.41, 5.74) is 3.68. The Balaban J connectivity index is 2.95. The first-order valence-electron chi connectivity index (χ1n) is 5.00. The number of rotatable bonds is 5. The predicted octanol–water partition coefficient (Wildman–Crippen LogP) is 2.60. The maximum absolute atomic E-state index is 5.32. The molecule has 0 saturated heterocycles. The van der Waals surface area contributed by atoms with Crippen molar-refractivity contribution in [2.75, 3.05) is 14.2 Å². The molecule has 3 nitrogen and oxygen atoms in total. The van der Waals surface area contributed by atoms with E-state index in [0.717, 1.165) is 23.5 Å². The normalized spacial score (nSPS) is 11.3. The molecular weight excluding hydrogens is 190 g/mol. The zero-order chi connectivity index (χ0) is 11.1. The molecule has 15 heavy (non-hydrogen) atoms. The molecule has 3 heteroatoms. The molecule has 1 N–H and O–H groups in total. The lowest BCUT2D eigenvalue weighted by atomic mass is 10.1. The van der Waals surface area contributed by atoms with Gasteiger partial charge in [0.1, 0.15) is 11.5 Å². The number of ether oxygens (including phenoxy) is 1. The predicted molar refractivity (Wildman–Crippen MR) is 61.4 cm³/mol. The molecule has 0 aliphatic carbocycles. The summed E-state index contributed by atoms with van der Waals surface area (Å²) in [5, 5.41) is 0. The van der Waals surface area contributed by atoms with Crippen LogP contribution in [0.25, 0.3) is 5.76 Å². The molecule has 0 fully saturated rings. The highest BCUT2D eigenvalue weighted by atomic mass is 16.6. The largest absolute Gasteiger partial charge is 0.497 e. The van der Waals surface area contributed by atoms with Crippen molar-refractivity contribution in [3.8, 4) is 5.75 Å². The standard InChI is InChI=1S/C12H17NO2/c1-4-6-12(15-13-2)10-7-5-8-11(9-10)14-3/h5-9,13H,4H2,1-3H3/b12-6-. The van der Waals surface area contributed by atoms with E-state index in [1.54, 1.807) is 14.2 Å². The van der Waals surface area contributed by atoms with E-state index in [4.69, 9.17) is 9.57 Å². The third kappa shape index (κ3) is 3.29. The second kappa shape index (κ2) is 6.09. The molecule has 0 spiro atoms. The Morgan fingerprint density at radius 2 is 2.27 bits per heavy atom. The second-order valence-corrected chi connectivity index (χ2v) is 3.01. The second-order valence-electron chi connectivity index (χ2n) is 3.01. The number of hydroxylamine groups is 1. The number of methoxy groups -OCH3 is 1. The first kappa shape index (κ1) is 11.6. The molecule has 0 heterocycles. The Labute approximate surface area is 90.7 Å². The number of allylic oxidation sites excluding steroid dienone is 1. The van der Waals surface area contributed by atoms with Gasteiger partial charge in [-0.3, -0.25) is 0 Å². The number of benzene rings is 1. The zero-order valence-corrected chi connectivity index (χ0v) is 9.41. The van der Waals surface area contributed by atoms with Gasteiger partial charge in [-0.25, -0.2) is 0 Å². The topological polar surface area (TPSA) is 30.5 Å². The van der Waals surface area contributed by atoms with Crippen molar-refractivity contribution >= 4 is 5.76 Å². The van der Waals surface area contributed by atoms with Gasteiger partial charge in [-0.2, -0.15) is 5.48 Å². The van der Waals surface area contributed by atoms with E-state index in [9.17, 15) is 0 Å². The fourth-order valence-corrected chi connectivity index (χ4v) is 1.29. The fourth-order valence-electron chi connectivity index (χ4n) is 1.29. The van der Waals surface area contributed by atoms with Gasteiger partial charge in [-0.15, -0.1) is 0 Å². The van der Waals surface area contributed by atoms with Crippen molar-refractivity contribution in [3.63, 3.8) is 0 Å². The van der Waals surface area contributed by atoms with Crippen LogP contribution in [0.15, 0.2) is 30.3 Å². The number of hydrogen-bond acceptors (Lipinski definition) is 3. The third-order valence-corrected chi connectivity index (χ3v) is 1.96. The summed E-state index contributed by atoms with van der Waals surface area (Å²) < 4.78 is 5.16. The molecule has 1 aromatic carbocycles. The highest BCUT2D eigenvalue weighted by molar-refractivity contribution is 5.61. The summed E-state index contributed by atoms with van der Waals surface area (Å²) in [5.74, 6) is 1.65. The summed E-state index contributed by atoms with van der Waals surface area (Å²) in [4.78, 5) is 5.32. The van der Waals surface area contributed by atoms with Crippen molar-refractivity contribution in [3.05, 3.63) is 35.9 Å². The molecule has 0 aliphatic heterocycles. The molecule has 0 atom stereocenters. The van der Waals surface area contributed by atoms with Gasteiger partial charge in [0, 0.05) is 12.6 Å². The van der Waals surface area contributed by atoms with Gasteiger partial charge >= 0.3 is 0 Å². The molecule has 82 valence electrons. The van der Waals surface area contributed by atoms with E-state index in [0.29, 0.717) is 0 Å². The summed E-state index contributed by atoms with van der Waals surface area (Å²) >= 11 is 0. The Hall–Kier alpha value is -1.48. The van der Waals surface area contributed by atoms with Crippen LogP contribution in [0, 0.1) is 0 Å². The Morgan fingerprint density at radius 3 is 2.87 bits per heavy atom. The van der Waals surface area contributed by atoms with Crippen LogP contribution < -0.4 is 10.2 Å². The first-order chi connectivity index (χ1) is 7.31. The quantitative estimate of drug-likeness (QED) is 0.594. The molecule has 0 unspecified atom stereocenters. The third-order valence-electron chi connectivity index (χ3n) is 1.96. The van der Waals surface area contributed by atoms with Crippen molar-refractivity contribution in [1.82, 2.24) is 5.48 Å². The molecule has 0 radical (unpaired) electrons. The van der Waals surface area contributed by atoms with Crippen LogP contribution in [0.3, 0.4) is 0 Å². The average Bonchev–Trinajstić information content (AvgIpc) is 2.29. The van der Waals surface area contributed by atoms with Crippen molar-refractivity contribution in [2.24, 2.45) is 0 Å². The van der Waals surface area contributed by atoms with E-state index in [2.05, 4.69) is 12.4 Å². The highest BCUT2D eigenvalue weighted by Crippen LogP contribution is 2.20. The Kier molecular flexibility index (Phi) is 4.71. The average molecular weight is 207 g/mol. The van der Waals surface area contributed by atoms with Crippen LogP contribution in [0.1, 0.15) is 18.9 Å². The monoisotopic (exact) mass is 207 g/mol. The van der Waals surface area contributed by atoms with Crippen LogP contribution in [-0.2, 0) is 4.84 Å². The molecule has 0 aromatic heterocycles. The minimum atomic E-state index is 0.818. The van der Waals surface area contributed by atoms with Crippen LogP contribution in [-0.4, -0.2) is 14.2 Å². The van der Waals surface area contributed by atoms with Gasteiger partial charge in [-0.05, 0) is 24.6 Å². The lowest BCUT2D eigenvalue weighted by Crippen LogP contribution is -2.06. The Morgan fingerprint density at radius 1 is 1.47 bits per heavy atom. The minimum Gasteiger partial charge on any atom is -0.497 e. The van der Waals surface area contributed by atoms with E-state index >= 15 is 0 Å². The van der Waals surface area contributed by atoms with E-state index in [1.807, 2.05) is 30.3 Å². The van der Waals surface area contributed by atoms with E-state index in [-0.39, 0.29) is 0 Å². The highest BCUT2D eigenvalue weighted by Gasteiger charge is 2.03. The number of hydrogen-bond donors (Lipinski definition) is 1. The molecular formula is C12H17NO2. The van der Waals surface area contributed by atoms with E-state index < -0.39 is 0 Å². The zero-order valence-electron chi connectivity index (χ0n) is 9.41. The minimum absolute atomic E-state index is 0.818. The lowest BCUT2D eigenvalue weighted by Gasteiger charge is -2.09. The number of nitrogens with one attached hydrogen (secondary N) is 1. The van der Waals surface area contributed by atoms with Crippen LogP contribution in [0.5, 0.6) is 5.75 Å². The SMILES string of the molecule is CC/C=C(\ONC)c1cccc(OC)c1. The maximum atomic E-state index is 5.32. The van der Waals surface area contributed by atoms with Crippen molar-refractivity contribution in [2.45, 2.75) is 13.3 Å². The van der Waals surface area contributed by atoms with Gasteiger partial charge in [0.05, 0.1) is 7.11 Å². The van der Waals surface area contributed by atoms with Crippen LogP contribution in [0.4, 0.5) is 0 Å². The van der Waals surface area contributed by atoms with Gasteiger partial charge in [0.15, 0.2) is 0 Å². The van der Waals surface area contributed by atoms with Gasteiger partial charge < -0.3 is 9.57 Å². The molecule has 0 bridgehead atoms. The Bertz CT molecular complexity index is 334. The van der Waals surface area contributed by atoms with Crippen molar-refractivity contribution < 1.29 is 9.57 Å². The summed E-state index contributed by atoms with van der Waals surface area (Å²) in [6.45, 7) is 2.07. The van der Waals surface area contributed by atoms with E-state index in [1.165, 1.54) is 0 Å². The summed E-state index contributed by atoms with van der Waals surface area (Å²) in [7, 11) is 3.39.